The Labute approximate surface area is 216 Å². The van der Waals surface area contributed by atoms with Crippen molar-refractivity contribution in [3.05, 3.63) is 118 Å². The molecule has 37 heavy (non-hydrogen) atoms. The van der Waals surface area contributed by atoms with Gasteiger partial charge in [-0.3, -0.25) is 9.59 Å². The summed E-state index contributed by atoms with van der Waals surface area (Å²) < 4.78 is 11.9. The van der Waals surface area contributed by atoms with Crippen LogP contribution in [0.15, 0.2) is 102 Å². The van der Waals surface area contributed by atoms with Crippen LogP contribution in [0.4, 0.5) is 0 Å². The van der Waals surface area contributed by atoms with E-state index in [1.807, 2.05) is 36.4 Å². The van der Waals surface area contributed by atoms with Crippen LogP contribution in [-0.2, 0) is 14.3 Å². The number of hydrogen-bond acceptors (Lipinski definition) is 5. The molecule has 1 N–H and O–H groups in total. The van der Waals surface area contributed by atoms with E-state index in [1.54, 1.807) is 18.2 Å². The lowest BCUT2D eigenvalue weighted by molar-refractivity contribution is -0.118. The van der Waals surface area contributed by atoms with Crippen LogP contribution in [0.25, 0.3) is 0 Å². The molecule has 0 fully saturated rings. The van der Waals surface area contributed by atoms with Crippen molar-refractivity contribution in [2.75, 3.05) is 7.11 Å². The van der Waals surface area contributed by atoms with Crippen LogP contribution >= 0.6 is 0 Å². The van der Waals surface area contributed by atoms with Gasteiger partial charge in [-0.05, 0) is 40.7 Å². The molecule has 0 amide bonds. The van der Waals surface area contributed by atoms with E-state index in [-0.39, 0.29) is 29.2 Å². The van der Waals surface area contributed by atoms with Gasteiger partial charge in [0.25, 0.3) is 0 Å². The van der Waals surface area contributed by atoms with Crippen molar-refractivity contribution < 1.29 is 24.2 Å². The fourth-order valence-corrected chi connectivity index (χ4v) is 6.05. The zero-order chi connectivity index (χ0) is 25.5. The molecule has 1 heterocycles. The zero-order valence-electron chi connectivity index (χ0n) is 20.6. The number of Topliss-reactive ketones (excluding diaryl/α,β-unsaturated/α-hetero) is 2. The van der Waals surface area contributed by atoms with E-state index in [2.05, 4.69) is 24.3 Å². The first-order valence-electron chi connectivity index (χ1n) is 12.7. The molecule has 0 spiro atoms. The molecular weight excluding hydrogens is 464 g/mol. The summed E-state index contributed by atoms with van der Waals surface area (Å²) in [5.74, 6) is 1.13. The Morgan fingerprint density at radius 1 is 0.703 bits per heavy atom. The topological polar surface area (TPSA) is 72.8 Å². The highest BCUT2D eigenvalue weighted by atomic mass is 16.5. The number of allylic oxidation sites excluding steroid dienone is 4. The summed E-state index contributed by atoms with van der Waals surface area (Å²) in [6.07, 6.45) is 1.91. The van der Waals surface area contributed by atoms with Gasteiger partial charge in [0, 0.05) is 42.7 Å². The summed E-state index contributed by atoms with van der Waals surface area (Å²) in [7, 11) is 1.49. The SMILES string of the molecule is COc1cc(C2C3=C(CC(c4ccccc4)CC3=O)OC3=C2C(=O)CC(c2ccccc2)C3)ccc1O. The zero-order valence-corrected chi connectivity index (χ0v) is 20.6. The van der Waals surface area contributed by atoms with Gasteiger partial charge in [-0.2, -0.15) is 0 Å². The van der Waals surface area contributed by atoms with Crippen molar-refractivity contribution in [2.45, 2.75) is 43.4 Å². The number of hydrogen-bond donors (Lipinski definition) is 1. The quantitative estimate of drug-likeness (QED) is 0.462. The smallest absolute Gasteiger partial charge is 0.163 e. The van der Waals surface area contributed by atoms with Crippen LogP contribution in [0.1, 0.15) is 60.1 Å². The summed E-state index contributed by atoms with van der Waals surface area (Å²) in [6, 6.07) is 25.2. The van der Waals surface area contributed by atoms with Crippen LogP contribution in [0, 0.1) is 0 Å². The van der Waals surface area contributed by atoms with Crippen molar-refractivity contribution in [1.29, 1.82) is 0 Å². The molecule has 2 unspecified atom stereocenters. The predicted octanol–water partition coefficient (Wildman–Crippen LogP) is 6.32. The van der Waals surface area contributed by atoms with Crippen molar-refractivity contribution in [1.82, 2.24) is 0 Å². The third kappa shape index (κ3) is 4.14. The normalized spacial score (nSPS) is 23.3. The highest BCUT2D eigenvalue weighted by Crippen LogP contribution is 2.52. The fourth-order valence-electron chi connectivity index (χ4n) is 6.05. The molecule has 1 aliphatic heterocycles. The van der Waals surface area contributed by atoms with E-state index in [0.29, 0.717) is 54.1 Å². The monoisotopic (exact) mass is 492 g/mol. The molecule has 186 valence electrons. The second-order valence-electron chi connectivity index (χ2n) is 10.0. The third-order valence-corrected chi connectivity index (χ3v) is 7.83. The number of ether oxygens (including phenoxy) is 2. The van der Waals surface area contributed by atoms with Crippen LogP contribution in [0.5, 0.6) is 11.5 Å². The first kappa shape index (κ1) is 23.3. The number of methoxy groups -OCH3 is 1. The van der Waals surface area contributed by atoms with Crippen molar-refractivity contribution >= 4 is 11.6 Å². The fraction of sp³-hybridized carbons (Fsp3) is 0.250. The van der Waals surface area contributed by atoms with Gasteiger partial charge < -0.3 is 14.6 Å². The molecule has 0 saturated heterocycles. The largest absolute Gasteiger partial charge is 0.504 e. The van der Waals surface area contributed by atoms with Gasteiger partial charge in [-0.15, -0.1) is 0 Å². The van der Waals surface area contributed by atoms with Gasteiger partial charge in [0.05, 0.1) is 7.11 Å². The lowest BCUT2D eigenvalue weighted by Crippen LogP contribution is -2.33. The third-order valence-electron chi connectivity index (χ3n) is 7.83. The predicted molar refractivity (Wildman–Crippen MR) is 139 cm³/mol. The molecule has 6 rings (SSSR count). The molecule has 5 nitrogen and oxygen atoms in total. The van der Waals surface area contributed by atoms with Gasteiger partial charge in [0.2, 0.25) is 0 Å². The minimum Gasteiger partial charge on any atom is -0.504 e. The summed E-state index contributed by atoms with van der Waals surface area (Å²) in [6.45, 7) is 0. The molecule has 0 bridgehead atoms. The summed E-state index contributed by atoms with van der Waals surface area (Å²) in [5.41, 5.74) is 4.08. The first-order valence-corrected chi connectivity index (χ1v) is 12.7. The maximum atomic E-state index is 13.7. The molecule has 0 radical (unpaired) electrons. The molecule has 3 aromatic carbocycles. The number of benzene rings is 3. The van der Waals surface area contributed by atoms with E-state index in [1.165, 1.54) is 7.11 Å². The molecule has 3 aromatic rings. The molecule has 3 aliphatic rings. The highest BCUT2D eigenvalue weighted by Gasteiger charge is 2.45. The molecule has 0 saturated carbocycles. The lowest BCUT2D eigenvalue weighted by atomic mass is 9.69. The van der Waals surface area contributed by atoms with Gasteiger partial charge >= 0.3 is 0 Å². The minimum absolute atomic E-state index is 0.00308. The number of carbonyl (C=O) groups is 2. The van der Waals surface area contributed by atoms with Crippen molar-refractivity contribution in [3.8, 4) is 11.5 Å². The Balaban J connectivity index is 1.46. The summed E-state index contributed by atoms with van der Waals surface area (Å²) >= 11 is 0. The number of carbonyl (C=O) groups excluding carboxylic acids is 2. The van der Waals surface area contributed by atoms with E-state index >= 15 is 0 Å². The number of phenolic OH excluding ortho intramolecular Hbond substituents is 1. The van der Waals surface area contributed by atoms with Crippen LogP contribution < -0.4 is 4.74 Å². The average Bonchev–Trinajstić information content (AvgIpc) is 2.93. The van der Waals surface area contributed by atoms with Crippen LogP contribution in [-0.4, -0.2) is 23.8 Å². The van der Waals surface area contributed by atoms with Crippen molar-refractivity contribution in [3.63, 3.8) is 0 Å². The van der Waals surface area contributed by atoms with Gasteiger partial charge in [0.15, 0.2) is 23.1 Å². The van der Waals surface area contributed by atoms with Gasteiger partial charge in [-0.25, -0.2) is 0 Å². The first-order chi connectivity index (χ1) is 18.0. The number of rotatable bonds is 4. The maximum Gasteiger partial charge on any atom is 0.163 e. The average molecular weight is 493 g/mol. The second-order valence-corrected chi connectivity index (χ2v) is 10.0. The Morgan fingerprint density at radius 2 is 1.22 bits per heavy atom. The summed E-state index contributed by atoms with van der Waals surface area (Å²) in [4.78, 5) is 27.5. The number of ketones is 2. The Hall–Kier alpha value is -4.12. The number of phenols is 1. The van der Waals surface area contributed by atoms with E-state index < -0.39 is 5.92 Å². The Bertz CT molecular complexity index is 1350. The molecular formula is C32H28O5. The Morgan fingerprint density at radius 3 is 1.70 bits per heavy atom. The van der Waals surface area contributed by atoms with E-state index in [9.17, 15) is 14.7 Å². The van der Waals surface area contributed by atoms with Crippen LogP contribution in [0.3, 0.4) is 0 Å². The highest BCUT2D eigenvalue weighted by molar-refractivity contribution is 6.06. The second kappa shape index (κ2) is 9.40. The molecule has 5 heteroatoms. The lowest BCUT2D eigenvalue weighted by Gasteiger charge is -2.39. The standard InChI is InChI=1S/C32H28O5/c1-36-27-16-21(12-13-24(27)33)30-31-25(34)14-22(19-8-4-2-5-9-19)17-28(31)37-29-18-23(15-26(35)32(29)30)20-10-6-3-7-11-20/h2-13,16,22-23,30,33H,14-15,17-18H2,1H3. The Kier molecular flexibility index (Phi) is 5.91. The molecule has 2 aliphatic carbocycles. The van der Waals surface area contributed by atoms with Crippen LogP contribution in [0.2, 0.25) is 0 Å². The van der Waals surface area contributed by atoms with Crippen molar-refractivity contribution in [2.24, 2.45) is 0 Å². The maximum absolute atomic E-state index is 13.7. The molecule has 0 aromatic heterocycles. The minimum atomic E-state index is -0.540. The van der Waals surface area contributed by atoms with Gasteiger partial charge in [0.1, 0.15) is 11.5 Å². The molecule has 2 atom stereocenters. The summed E-state index contributed by atoms with van der Waals surface area (Å²) in [5, 5.41) is 10.2. The van der Waals surface area contributed by atoms with E-state index in [0.717, 1.165) is 16.7 Å². The van der Waals surface area contributed by atoms with E-state index in [4.69, 9.17) is 9.47 Å². The van der Waals surface area contributed by atoms with Gasteiger partial charge in [-0.1, -0.05) is 66.7 Å². The number of aromatic hydroxyl groups is 1.